The molecule has 2 aromatic carbocycles. The van der Waals surface area contributed by atoms with E-state index in [1.54, 1.807) is 14.2 Å². The quantitative estimate of drug-likeness (QED) is 0.794. The predicted octanol–water partition coefficient (Wildman–Crippen LogP) is 3.99. The Hall–Kier alpha value is -2.14. The minimum atomic E-state index is 0.0569. The smallest absolute Gasteiger partial charge is 0.230 e. The van der Waals surface area contributed by atoms with Crippen molar-refractivity contribution >= 4 is 17.7 Å². The maximum atomic E-state index is 12.4. The fourth-order valence-electron chi connectivity index (χ4n) is 3.20. The van der Waals surface area contributed by atoms with Gasteiger partial charge in [-0.05, 0) is 48.6 Å². The predicted molar refractivity (Wildman–Crippen MR) is 101 cm³/mol. The van der Waals surface area contributed by atoms with Gasteiger partial charge in [-0.3, -0.25) is 4.79 Å². The zero-order chi connectivity index (χ0) is 17.6. The molecule has 1 amide bonds. The summed E-state index contributed by atoms with van der Waals surface area (Å²) >= 11 is 1.50. The van der Waals surface area contributed by atoms with E-state index in [-0.39, 0.29) is 11.9 Å². The lowest BCUT2D eigenvalue weighted by Crippen LogP contribution is -2.32. The molecule has 0 fully saturated rings. The monoisotopic (exact) mass is 357 g/mol. The highest BCUT2D eigenvalue weighted by Crippen LogP contribution is 2.32. The highest BCUT2D eigenvalue weighted by Gasteiger charge is 2.21. The van der Waals surface area contributed by atoms with E-state index in [4.69, 9.17) is 9.47 Å². The number of nitrogens with one attached hydrogen (secondary N) is 1. The van der Waals surface area contributed by atoms with Crippen molar-refractivity contribution in [3.8, 4) is 11.5 Å². The highest BCUT2D eigenvalue weighted by atomic mass is 32.2. The largest absolute Gasteiger partial charge is 0.493 e. The SMILES string of the molecule is COc1ccc(SCC(=O)NC2CCCc3ccccc32)cc1OC. The summed E-state index contributed by atoms with van der Waals surface area (Å²) in [6, 6.07) is 14.2. The van der Waals surface area contributed by atoms with E-state index >= 15 is 0 Å². The second-order valence-corrected chi connectivity index (χ2v) is 7.07. The van der Waals surface area contributed by atoms with Crippen molar-refractivity contribution in [3.05, 3.63) is 53.6 Å². The van der Waals surface area contributed by atoms with Crippen LogP contribution in [-0.2, 0) is 11.2 Å². The molecule has 1 N–H and O–H groups in total. The van der Waals surface area contributed by atoms with Crippen LogP contribution in [0.1, 0.15) is 30.0 Å². The van der Waals surface area contributed by atoms with Crippen LogP contribution in [0.3, 0.4) is 0 Å². The molecular weight excluding hydrogens is 334 g/mol. The van der Waals surface area contributed by atoms with Crippen LogP contribution in [0, 0.1) is 0 Å². The molecule has 0 saturated carbocycles. The number of aryl methyl sites for hydroxylation is 1. The number of thioether (sulfide) groups is 1. The topological polar surface area (TPSA) is 47.6 Å². The van der Waals surface area contributed by atoms with E-state index in [1.807, 2.05) is 24.3 Å². The second-order valence-electron chi connectivity index (χ2n) is 6.02. The Labute approximate surface area is 152 Å². The maximum absolute atomic E-state index is 12.4. The van der Waals surface area contributed by atoms with Crippen LogP contribution >= 0.6 is 11.8 Å². The Morgan fingerprint density at radius 3 is 2.76 bits per heavy atom. The molecule has 0 bridgehead atoms. The summed E-state index contributed by atoms with van der Waals surface area (Å²) in [5, 5.41) is 3.18. The average Bonchev–Trinajstić information content (AvgIpc) is 2.66. The third-order valence-electron chi connectivity index (χ3n) is 4.43. The van der Waals surface area contributed by atoms with Gasteiger partial charge in [0.05, 0.1) is 26.0 Å². The van der Waals surface area contributed by atoms with Gasteiger partial charge in [-0.1, -0.05) is 24.3 Å². The number of carbonyl (C=O) groups excluding carboxylic acids is 1. The lowest BCUT2D eigenvalue weighted by molar-refractivity contribution is -0.119. The van der Waals surface area contributed by atoms with Gasteiger partial charge in [-0.2, -0.15) is 0 Å². The Morgan fingerprint density at radius 2 is 1.96 bits per heavy atom. The van der Waals surface area contributed by atoms with Gasteiger partial charge in [0.2, 0.25) is 5.91 Å². The minimum Gasteiger partial charge on any atom is -0.493 e. The number of methoxy groups -OCH3 is 2. The summed E-state index contributed by atoms with van der Waals surface area (Å²) in [6.45, 7) is 0. The van der Waals surface area contributed by atoms with Gasteiger partial charge in [0.1, 0.15) is 0 Å². The van der Waals surface area contributed by atoms with Crippen LogP contribution in [0.25, 0.3) is 0 Å². The lowest BCUT2D eigenvalue weighted by atomic mass is 9.88. The summed E-state index contributed by atoms with van der Waals surface area (Å²) in [6.07, 6.45) is 3.22. The third kappa shape index (κ3) is 4.28. The Morgan fingerprint density at radius 1 is 1.16 bits per heavy atom. The Kier molecular flexibility index (Phi) is 5.87. The molecule has 0 aliphatic heterocycles. The fraction of sp³-hybridized carbons (Fsp3) is 0.350. The molecule has 1 aliphatic rings. The zero-order valence-electron chi connectivity index (χ0n) is 14.6. The summed E-state index contributed by atoms with van der Waals surface area (Å²) in [5.74, 6) is 1.81. The molecule has 1 unspecified atom stereocenters. The highest BCUT2D eigenvalue weighted by molar-refractivity contribution is 8.00. The number of amides is 1. The number of hydrogen-bond donors (Lipinski definition) is 1. The standard InChI is InChI=1S/C20H23NO3S/c1-23-18-11-10-15(12-19(18)24-2)25-13-20(22)21-17-9-5-7-14-6-3-4-8-16(14)17/h3-4,6,8,10-12,17H,5,7,9,13H2,1-2H3,(H,21,22). The number of carbonyl (C=O) groups is 1. The zero-order valence-corrected chi connectivity index (χ0v) is 15.4. The van der Waals surface area contributed by atoms with E-state index < -0.39 is 0 Å². The van der Waals surface area contributed by atoms with Crippen LogP contribution in [0.5, 0.6) is 11.5 Å². The van der Waals surface area contributed by atoms with Crippen molar-refractivity contribution in [3.63, 3.8) is 0 Å². The van der Waals surface area contributed by atoms with Gasteiger partial charge in [-0.25, -0.2) is 0 Å². The lowest BCUT2D eigenvalue weighted by Gasteiger charge is -2.26. The molecule has 2 aromatic rings. The van der Waals surface area contributed by atoms with E-state index in [1.165, 1.54) is 22.9 Å². The van der Waals surface area contributed by atoms with Gasteiger partial charge in [0.15, 0.2) is 11.5 Å². The second kappa shape index (κ2) is 8.30. The number of ether oxygens (including phenoxy) is 2. The van der Waals surface area contributed by atoms with E-state index in [2.05, 4.69) is 23.5 Å². The summed E-state index contributed by atoms with van der Waals surface area (Å²) < 4.78 is 10.5. The Bertz CT molecular complexity index is 747. The fourth-order valence-corrected chi connectivity index (χ4v) is 3.93. The normalized spacial score (nSPS) is 16.0. The van der Waals surface area contributed by atoms with Crippen LogP contribution in [0.2, 0.25) is 0 Å². The van der Waals surface area contributed by atoms with Crippen molar-refractivity contribution in [2.24, 2.45) is 0 Å². The van der Waals surface area contributed by atoms with Crippen molar-refractivity contribution in [1.29, 1.82) is 0 Å². The summed E-state index contributed by atoms with van der Waals surface area (Å²) in [7, 11) is 3.22. The van der Waals surface area contributed by atoms with Gasteiger partial charge in [-0.15, -0.1) is 11.8 Å². The molecule has 0 spiro atoms. The molecule has 4 nitrogen and oxygen atoms in total. The van der Waals surface area contributed by atoms with Crippen LogP contribution in [-0.4, -0.2) is 25.9 Å². The molecule has 3 rings (SSSR count). The van der Waals surface area contributed by atoms with E-state index in [0.29, 0.717) is 17.3 Å². The molecule has 1 atom stereocenters. The number of rotatable bonds is 6. The van der Waals surface area contributed by atoms with Gasteiger partial charge < -0.3 is 14.8 Å². The third-order valence-corrected chi connectivity index (χ3v) is 5.42. The molecule has 0 radical (unpaired) electrons. The van der Waals surface area contributed by atoms with Crippen LogP contribution in [0.15, 0.2) is 47.4 Å². The molecule has 132 valence electrons. The van der Waals surface area contributed by atoms with Crippen LogP contribution < -0.4 is 14.8 Å². The minimum absolute atomic E-state index is 0.0569. The number of hydrogen-bond acceptors (Lipinski definition) is 4. The summed E-state index contributed by atoms with van der Waals surface area (Å²) in [4.78, 5) is 13.4. The summed E-state index contributed by atoms with van der Waals surface area (Å²) in [5.41, 5.74) is 2.62. The van der Waals surface area contributed by atoms with E-state index in [0.717, 1.165) is 24.2 Å². The molecule has 5 heteroatoms. The molecule has 0 saturated heterocycles. The average molecular weight is 357 g/mol. The number of benzene rings is 2. The first-order valence-corrected chi connectivity index (χ1v) is 9.42. The van der Waals surface area contributed by atoms with Crippen molar-refractivity contribution in [2.75, 3.05) is 20.0 Å². The van der Waals surface area contributed by atoms with Crippen LogP contribution in [0.4, 0.5) is 0 Å². The molecule has 25 heavy (non-hydrogen) atoms. The molecule has 1 aliphatic carbocycles. The van der Waals surface area contributed by atoms with E-state index in [9.17, 15) is 4.79 Å². The first-order chi connectivity index (χ1) is 12.2. The molecule has 0 heterocycles. The van der Waals surface area contributed by atoms with Crippen molar-refractivity contribution in [1.82, 2.24) is 5.32 Å². The first-order valence-electron chi connectivity index (χ1n) is 8.43. The number of fused-ring (bicyclic) bond motifs is 1. The van der Waals surface area contributed by atoms with Crippen molar-refractivity contribution in [2.45, 2.75) is 30.2 Å². The Balaban J connectivity index is 1.59. The van der Waals surface area contributed by atoms with Gasteiger partial charge >= 0.3 is 0 Å². The molecular formula is C20H23NO3S. The maximum Gasteiger partial charge on any atom is 0.230 e. The van der Waals surface area contributed by atoms with Gasteiger partial charge in [0.25, 0.3) is 0 Å². The van der Waals surface area contributed by atoms with Crippen molar-refractivity contribution < 1.29 is 14.3 Å². The first kappa shape index (κ1) is 17.7. The molecule has 0 aromatic heterocycles. The van der Waals surface area contributed by atoms with Gasteiger partial charge in [0, 0.05) is 4.90 Å².